The van der Waals surface area contributed by atoms with Crippen LogP contribution in [0.1, 0.15) is 25.7 Å². The molecule has 27 heavy (non-hydrogen) atoms. The Balaban J connectivity index is 1.71. The monoisotopic (exact) mass is 403 g/mol. The van der Waals surface area contributed by atoms with Crippen molar-refractivity contribution in [3.8, 4) is 5.75 Å². The summed E-state index contributed by atoms with van der Waals surface area (Å²) < 4.78 is 27.3. The summed E-state index contributed by atoms with van der Waals surface area (Å²) in [5, 5.41) is 0. The van der Waals surface area contributed by atoms with Gasteiger partial charge in [-0.3, -0.25) is 0 Å². The molecule has 0 radical (unpaired) electrons. The van der Waals surface area contributed by atoms with Gasteiger partial charge in [-0.2, -0.15) is 0 Å². The minimum Gasteiger partial charge on any atom is -0.491 e. The van der Waals surface area contributed by atoms with Crippen LogP contribution in [0.4, 0.5) is 5.69 Å². The van der Waals surface area contributed by atoms with Crippen LogP contribution in [0, 0.1) is 0 Å². The summed E-state index contributed by atoms with van der Waals surface area (Å²) in [5.74, 6) is 1.54. The summed E-state index contributed by atoms with van der Waals surface area (Å²) in [5.41, 5.74) is 6.34. The minimum absolute atomic E-state index is 0.500. The quantitative estimate of drug-likeness (QED) is 0.216. The van der Waals surface area contributed by atoms with E-state index in [2.05, 4.69) is 0 Å². The first-order valence-corrected chi connectivity index (χ1v) is 10.2. The van der Waals surface area contributed by atoms with Gasteiger partial charge in [0.1, 0.15) is 12.4 Å². The molecule has 2 N–H and O–H groups in total. The number of benzene rings is 1. The summed E-state index contributed by atoms with van der Waals surface area (Å²) in [6.45, 7) is 5.26. The van der Waals surface area contributed by atoms with E-state index in [1.165, 1.54) is 12.8 Å². The largest absolute Gasteiger partial charge is 0.491 e. The molecule has 0 aliphatic heterocycles. The third-order valence-electron chi connectivity index (χ3n) is 3.66. The van der Waals surface area contributed by atoms with Gasteiger partial charge in [-0.15, -0.1) is 11.6 Å². The Kier molecular flexibility index (Phi) is 16.3. The molecular formula is C20H34ClNO5. The summed E-state index contributed by atoms with van der Waals surface area (Å²) in [7, 11) is 0. The normalized spacial score (nSPS) is 11.0. The Bertz CT molecular complexity index is 433. The van der Waals surface area contributed by atoms with Gasteiger partial charge in [-0.25, -0.2) is 0 Å². The second kappa shape index (κ2) is 18.3. The molecule has 0 amide bonds. The highest BCUT2D eigenvalue weighted by molar-refractivity contribution is 6.17. The molecule has 0 atom stereocenters. The summed E-state index contributed by atoms with van der Waals surface area (Å²) >= 11 is 5.62. The molecular weight excluding hydrogens is 370 g/mol. The average Bonchev–Trinajstić information content (AvgIpc) is 2.68. The van der Waals surface area contributed by atoms with Crippen molar-refractivity contribution in [1.82, 2.24) is 0 Å². The number of unbranched alkanes of at least 4 members (excludes halogenated alkanes) is 3. The fraction of sp³-hybridized carbons (Fsp3) is 0.700. The molecule has 0 unspecified atom stereocenters. The van der Waals surface area contributed by atoms with Gasteiger partial charge in [0.15, 0.2) is 0 Å². The number of alkyl halides is 1. The SMILES string of the molecule is Nc1ccc(OCCOCCOCCOCCOCCCCCCCl)cc1. The Morgan fingerprint density at radius 3 is 1.63 bits per heavy atom. The van der Waals surface area contributed by atoms with Gasteiger partial charge in [0.2, 0.25) is 0 Å². The molecule has 156 valence electrons. The molecule has 0 heterocycles. The predicted octanol–water partition coefficient (Wildman–Crippen LogP) is 3.51. The molecule has 6 nitrogen and oxygen atoms in total. The standard InChI is InChI=1S/C20H34ClNO5/c21-9-3-1-2-4-10-23-11-12-24-13-14-25-15-16-26-17-18-27-20-7-5-19(22)6-8-20/h5-8H,1-4,9-18,22H2. The molecule has 0 spiro atoms. The zero-order valence-corrected chi connectivity index (χ0v) is 17.0. The Morgan fingerprint density at radius 2 is 1.07 bits per heavy atom. The van der Waals surface area contributed by atoms with Crippen LogP contribution in [0.2, 0.25) is 0 Å². The van der Waals surface area contributed by atoms with Crippen LogP contribution >= 0.6 is 11.6 Å². The first-order chi connectivity index (χ1) is 13.3. The fourth-order valence-electron chi connectivity index (χ4n) is 2.20. The lowest BCUT2D eigenvalue weighted by Gasteiger charge is -2.08. The highest BCUT2D eigenvalue weighted by Crippen LogP contribution is 2.12. The summed E-state index contributed by atoms with van der Waals surface area (Å²) in [6, 6.07) is 7.30. The maximum atomic E-state index is 5.62. The van der Waals surface area contributed by atoms with E-state index in [1.54, 1.807) is 0 Å². The lowest BCUT2D eigenvalue weighted by atomic mass is 10.2. The van der Waals surface area contributed by atoms with Crippen molar-refractivity contribution in [2.75, 3.05) is 71.1 Å². The maximum absolute atomic E-state index is 5.62. The van der Waals surface area contributed by atoms with Crippen molar-refractivity contribution >= 4 is 17.3 Å². The van der Waals surface area contributed by atoms with E-state index in [0.717, 1.165) is 36.8 Å². The highest BCUT2D eigenvalue weighted by atomic mass is 35.5. The van der Waals surface area contributed by atoms with Crippen LogP contribution in [0.15, 0.2) is 24.3 Å². The van der Waals surface area contributed by atoms with Crippen molar-refractivity contribution < 1.29 is 23.7 Å². The van der Waals surface area contributed by atoms with E-state index in [-0.39, 0.29) is 0 Å². The van der Waals surface area contributed by atoms with Crippen LogP contribution in [0.5, 0.6) is 5.75 Å². The first kappa shape index (κ1) is 24.0. The van der Waals surface area contributed by atoms with Crippen LogP contribution in [-0.2, 0) is 18.9 Å². The molecule has 1 aromatic carbocycles. The second-order valence-electron chi connectivity index (χ2n) is 5.97. The van der Waals surface area contributed by atoms with E-state index in [1.807, 2.05) is 24.3 Å². The zero-order valence-electron chi connectivity index (χ0n) is 16.2. The van der Waals surface area contributed by atoms with Crippen LogP contribution in [0.3, 0.4) is 0 Å². The number of anilines is 1. The molecule has 1 rings (SSSR count). The lowest BCUT2D eigenvalue weighted by Crippen LogP contribution is -2.13. The Hall–Kier alpha value is -1.05. The van der Waals surface area contributed by atoms with Crippen molar-refractivity contribution in [3.05, 3.63) is 24.3 Å². The second-order valence-corrected chi connectivity index (χ2v) is 6.35. The van der Waals surface area contributed by atoms with E-state index in [4.69, 9.17) is 41.0 Å². The third-order valence-corrected chi connectivity index (χ3v) is 3.93. The minimum atomic E-state index is 0.500. The maximum Gasteiger partial charge on any atom is 0.119 e. The van der Waals surface area contributed by atoms with Crippen molar-refractivity contribution in [1.29, 1.82) is 0 Å². The smallest absolute Gasteiger partial charge is 0.119 e. The average molecular weight is 404 g/mol. The van der Waals surface area contributed by atoms with Gasteiger partial charge in [0.25, 0.3) is 0 Å². The lowest BCUT2D eigenvalue weighted by molar-refractivity contribution is -0.00486. The molecule has 0 bridgehead atoms. The van der Waals surface area contributed by atoms with Gasteiger partial charge in [0, 0.05) is 18.2 Å². The zero-order chi connectivity index (χ0) is 19.4. The number of nitrogen functional groups attached to an aromatic ring is 1. The highest BCUT2D eigenvalue weighted by Gasteiger charge is 1.95. The molecule has 0 saturated carbocycles. The van der Waals surface area contributed by atoms with Gasteiger partial charge >= 0.3 is 0 Å². The van der Waals surface area contributed by atoms with Gasteiger partial charge < -0.3 is 29.4 Å². The summed E-state index contributed by atoms with van der Waals surface area (Å²) in [4.78, 5) is 0. The molecule has 0 aliphatic rings. The Labute approximate surface area is 168 Å². The number of rotatable bonds is 19. The van der Waals surface area contributed by atoms with Crippen molar-refractivity contribution in [2.45, 2.75) is 25.7 Å². The van der Waals surface area contributed by atoms with E-state index >= 15 is 0 Å². The molecule has 0 saturated heterocycles. The van der Waals surface area contributed by atoms with Gasteiger partial charge in [-0.05, 0) is 37.1 Å². The van der Waals surface area contributed by atoms with Crippen molar-refractivity contribution in [3.63, 3.8) is 0 Å². The molecule has 0 fully saturated rings. The summed E-state index contributed by atoms with van der Waals surface area (Å²) in [6.07, 6.45) is 4.54. The molecule has 0 aliphatic carbocycles. The van der Waals surface area contributed by atoms with Crippen LogP contribution in [0.25, 0.3) is 0 Å². The van der Waals surface area contributed by atoms with Crippen LogP contribution in [-0.4, -0.2) is 65.3 Å². The number of nitrogens with two attached hydrogens (primary N) is 1. The first-order valence-electron chi connectivity index (χ1n) is 9.68. The molecule has 7 heteroatoms. The fourth-order valence-corrected chi connectivity index (χ4v) is 2.39. The number of ether oxygens (including phenoxy) is 5. The number of halogens is 1. The van der Waals surface area contributed by atoms with Gasteiger partial charge in [0.05, 0.1) is 46.2 Å². The van der Waals surface area contributed by atoms with E-state index < -0.39 is 0 Å². The third kappa shape index (κ3) is 15.7. The number of hydrogen-bond acceptors (Lipinski definition) is 6. The predicted molar refractivity (Wildman–Crippen MR) is 109 cm³/mol. The Morgan fingerprint density at radius 1 is 0.593 bits per heavy atom. The topological polar surface area (TPSA) is 72.2 Å². The molecule has 1 aromatic rings. The van der Waals surface area contributed by atoms with E-state index in [9.17, 15) is 0 Å². The molecule has 0 aromatic heterocycles. The van der Waals surface area contributed by atoms with Crippen molar-refractivity contribution in [2.24, 2.45) is 0 Å². The number of hydrogen-bond donors (Lipinski definition) is 1. The van der Waals surface area contributed by atoms with Gasteiger partial charge in [-0.1, -0.05) is 12.8 Å². The van der Waals surface area contributed by atoms with Crippen LogP contribution < -0.4 is 10.5 Å². The van der Waals surface area contributed by atoms with E-state index in [0.29, 0.717) is 52.9 Å².